The number of hydrogen-bond acceptors (Lipinski definition) is 0. The van der Waals surface area contributed by atoms with Crippen LogP contribution in [0.3, 0.4) is 0 Å². The summed E-state index contributed by atoms with van der Waals surface area (Å²) in [5.41, 5.74) is 0. The lowest BCUT2D eigenvalue weighted by atomic mass is 10.5. The first-order valence-corrected chi connectivity index (χ1v) is 3.30. The van der Waals surface area contributed by atoms with Gasteiger partial charge in [-0.25, -0.2) is 0 Å². The Morgan fingerprint density at radius 1 is 0.818 bits per heavy atom. The molecule has 0 atom stereocenters. The lowest BCUT2D eigenvalue weighted by molar-refractivity contribution is 0.824. The average molecular weight is 154 g/mol. The quantitative estimate of drug-likeness (QED) is 0.548. The zero-order chi connectivity index (χ0) is 8.24. The molecular formula is C10H18O. The number of allylic oxidation sites excluding steroid dienone is 6. The van der Waals surface area contributed by atoms with Gasteiger partial charge in [0.2, 0.25) is 0 Å². The maximum absolute atomic E-state index is 3.46. The topological polar surface area (TPSA) is 31.5 Å². The van der Waals surface area contributed by atoms with Crippen molar-refractivity contribution in [2.45, 2.75) is 13.8 Å². The Morgan fingerprint density at radius 3 is 1.09 bits per heavy atom. The molecule has 0 rings (SSSR count). The fourth-order valence-corrected chi connectivity index (χ4v) is 0.272. The lowest BCUT2D eigenvalue weighted by Crippen LogP contribution is -1.33. The first kappa shape index (κ1) is 16.5. The standard InChI is InChI=1S/2C5H8.H2O/c2*1-3-5-4-2;/h2*3-5H,1H2,2H3;1H2. The number of hydrogen-bond donors (Lipinski definition) is 0. The van der Waals surface area contributed by atoms with Crippen LogP contribution < -0.4 is 0 Å². The van der Waals surface area contributed by atoms with Crippen molar-refractivity contribution in [2.24, 2.45) is 0 Å². The fourth-order valence-electron chi connectivity index (χ4n) is 0.272. The van der Waals surface area contributed by atoms with Gasteiger partial charge in [0.25, 0.3) is 0 Å². The second kappa shape index (κ2) is 23.1. The Bertz CT molecular complexity index is 105. The summed E-state index contributed by atoms with van der Waals surface area (Å²) in [6.45, 7) is 10.8. The van der Waals surface area contributed by atoms with E-state index in [4.69, 9.17) is 0 Å². The summed E-state index contributed by atoms with van der Waals surface area (Å²) in [4.78, 5) is 0. The molecule has 0 aliphatic carbocycles. The van der Waals surface area contributed by atoms with E-state index in [1.165, 1.54) is 0 Å². The molecule has 0 radical (unpaired) electrons. The molecule has 64 valence electrons. The van der Waals surface area contributed by atoms with E-state index in [1.807, 2.05) is 38.2 Å². The van der Waals surface area contributed by atoms with Crippen molar-refractivity contribution in [1.29, 1.82) is 0 Å². The van der Waals surface area contributed by atoms with E-state index in [9.17, 15) is 0 Å². The third-order valence-corrected chi connectivity index (χ3v) is 0.657. The van der Waals surface area contributed by atoms with Crippen LogP contribution in [0.4, 0.5) is 0 Å². The van der Waals surface area contributed by atoms with E-state index in [1.54, 1.807) is 12.2 Å². The molecule has 0 amide bonds. The average Bonchev–Trinajstić information content (AvgIpc) is 1.93. The van der Waals surface area contributed by atoms with Gasteiger partial charge < -0.3 is 5.48 Å². The normalized spacial score (nSPS) is 8.18. The van der Waals surface area contributed by atoms with Crippen molar-refractivity contribution in [3.8, 4) is 0 Å². The van der Waals surface area contributed by atoms with E-state index in [0.717, 1.165) is 0 Å². The minimum atomic E-state index is 0. The van der Waals surface area contributed by atoms with Gasteiger partial charge in [0.15, 0.2) is 0 Å². The predicted octanol–water partition coefficient (Wildman–Crippen LogP) is 2.67. The van der Waals surface area contributed by atoms with Gasteiger partial charge in [0, 0.05) is 0 Å². The van der Waals surface area contributed by atoms with Crippen molar-refractivity contribution >= 4 is 0 Å². The van der Waals surface area contributed by atoms with Crippen LogP contribution in [0.25, 0.3) is 0 Å². The van der Waals surface area contributed by atoms with Gasteiger partial charge in [-0.15, -0.1) is 0 Å². The minimum absolute atomic E-state index is 0. The van der Waals surface area contributed by atoms with Crippen LogP contribution in [0.2, 0.25) is 0 Å². The minimum Gasteiger partial charge on any atom is -0.412 e. The highest BCUT2D eigenvalue weighted by Gasteiger charge is 1.42. The lowest BCUT2D eigenvalue weighted by Gasteiger charge is -1.56. The summed E-state index contributed by atoms with van der Waals surface area (Å²) in [7, 11) is 0. The van der Waals surface area contributed by atoms with Gasteiger partial charge in [-0.2, -0.15) is 0 Å². The molecule has 0 fully saturated rings. The molecule has 0 aromatic heterocycles. The third-order valence-electron chi connectivity index (χ3n) is 0.657. The molecule has 0 saturated carbocycles. The van der Waals surface area contributed by atoms with Crippen molar-refractivity contribution in [3.63, 3.8) is 0 Å². The van der Waals surface area contributed by atoms with Crippen molar-refractivity contribution in [1.82, 2.24) is 0 Å². The van der Waals surface area contributed by atoms with Crippen LogP contribution >= 0.6 is 0 Å². The van der Waals surface area contributed by atoms with E-state index in [-0.39, 0.29) is 5.48 Å². The van der Waals surface area contributed by atoms with Crippen LogP contribution in [0.5, 0.6) is 0 Å². The summed E-state index contributed by atoms with van der Waals surface area (Å²) < 4.78 is 0. The molecule has 1 heteroatoms. The third kappa shape index (κ3) is 50.1. The van der Waals surface area contributed by atoms with E-state index in [0.29, 0.717) is 0 Å². The van der Waals surface area contributed by atoms with E-state index >= 15 is 0 Å². The van der Waals surface area contributed by atoms with E-state index < -0.39 is 0 Å². The van der Waals surface area contributed by atoms with Crippen molar-refractivity contribution < 1.29 is 5.48 Å². The zero-order valence-electron chi connectivity index (χ0n) is 7.38. The molecule has 2 N–H and O–H groups in total. The molecule has 0 aromatic carbocycles. The van der Waals surface area contributed by atoms with Crippen LogP contribution in [-0.2, 0) is 0 Å². The Labute approximate surface area is 69.8 Å². The summed E-state index contributed by atoms with van der Waals surface area (Å²) >= 11 is 0. The first-order chi connectivity index (χ1) is 4.83. The Balaban J connectivity index is -0.000000107. The highest BCUT2D eigenvalue weighted by atomic mass is 16.0. The van der Waals surface area contributed by atoms with Gasteiger partial charge in [-0.3, -0.25) is 0 Å². The highest BCUT2D eigenvalue weighted by molar-refractivity contribution is 4.94. The van der Waals surface area contributed by atoms with Gasteiger partial charge >= 0.3 is 0 Å². The maximum Gasteiger partial charge on any atom is -0.0467 e. The van der Waals surface area contributed by atoms with Crippen LogP contribution in [-0.4, -0.2) is 5.48 Å². The van der Waals surface area contributed by atoms with Crippen LogP contribution in [0, 0.1) is 0 Å². The largest absolute Gasteiger partial charge is 0.412 e. The Morgan fingerprint density at radius 2 is 1.09 bits per heavy atom. The van der Waals surface area contributed by atoms with E-state index in [2.05, 4.69) is 13.2 Å². The molecule has 0 aromatic rings. The number of rotatable bonds is 2. The fraction of sp³-hybridized carbons (Fsp3) is 0.200. The predicted molar refractivity (Wildman–Crippen MR) is 53.6 cm³/mol. The van der Waals surface area contributed by atoms with Crippen molar-refractivity contribution in [3.05, 3.63) is 49.6 Å². The summed E-state index contributed by atoms with van der Waals surface area (Å²) in [6.07, 6.45) is 11.2. The maximum atomic E-state index is 3.46. The monoisotopic (exact) mass is 154 g/mol. The molecule has 0 heterocycles. The molecule has 0 bridgehead atoms. The summed E-state index contributed by atoms with van der Waals surface area (Å²) in [5, 5.41) is 0. The highest BCUT2D eigenvalue weighted by Crippen LogP contribution is 1.65. The van der Waals surface area contributed by atoms with Gasteiger partial charge in [0.05, 0.1) is 0 Å². The van der Waals surface area contributed by atoms with Gasteiger partial charge in [0.1, 0.15) is 0 Å². The molecule has 0 spiro atoms. The SMILES string of the molecule is C=CC=CC.C=CC=CC.O. The Kier molecular flexibility index (Phi) is 34.6. The molecule has 1 nitrogen and oxygen atoms in total. The van der Waals surface area contributed by atoms with Crippen LogP contribution in [0.1, 0.15) is 13.8 Å². The molecule has 0 aliphatic heterocycles. The summed E-state index contributed by atoms with van der Waals surface area (Å²) in [5.74, 6) is 0. The Hall–Kier alpha value is -1.08. The smallest absolute Gasteiger partial charge is 0.0467 e. The molecular weight excluding hydrogens is 136 g/mol. The molecule has 0 saturated heterocycles. The second-order valence-electron chi connectivity index (χ2n) is 1.52. The first-order valence-electron chi connectivity index (χ1n) is 3.30. The van der Waals surface area contributed by atoms with Crippen LogP contribution in [0.15, 0.2) is 49.6 Å². The molecule has 0 unspecified atom stereocenters. The molecule has 0 aliphatic rings. The van der Waals surface area contributed by atoms with Gasteiger partial charge in [-0.1, -0.05) is 49.6 Å². The van der Waals surface area contributed by atoms with Crippen molar-refractivity contribution in [2.75, 3.05) is 0 Å². The van der Waals surface area contributed by atoms with Gasteiger partial charge in [-0.05, 0) is 13.8 Å². The summed E-state index contributed by atoms with van der Waals surface area (Å²) in [6, 6.07) is 0. The molecule has 11 heavy (non-hydrogen) atoms. The zero-order valence-corrected chi connectivity index (χ0v) is 7.38. The second-order valence-corrected chi connectivity index (χ2v) is 1.52.